The van der Waals surface area contributed by atoms with Crippen molar-refractivity contribution in [2.24, 2.45) is 0 Å². The van der Waals surface area contributed by atoms with Crippen molar-refractivity contribution in [3.63, 3.8) is 0 Å². The van der Waals surface area contributed by atoms with Crippen LogP contribution in [0.3, 0.4) is 0 Å². The van der Waals surface area contributed by atoms with E-state index in [1.807, 2.05) is 14.1 Å². The Hall–Kier alpha value is 0.137. The van der Waals surface area contributed by atoms with Gasteiger partial charge in [0.15, 0.2) is 0 Å². The van der Waals surface area contributed by atoms with Gasteiger partial charge in [-0.05, 0) is 27.4 Å². The van der Waals surface area contributed by atoms with Gasteiger partial charge in [-0.3, -0.25) is 4.90 Å². The molecule has 0 N–H and O–H groups in total. The Morgan fingerprint density at radius 2 is 2.00 bits per heavy atom. The second-order valence-corrected chi connectivity index (χ2v) is 3.04. The van der Waals surface area contributed by atoms with Gasteiger partial charge < -0.3 is 4.43 Å². The van der Waals surface area contributed by atoms with E-state index in [0.29, 0.717) is 0 Å². The van der Waals surface area contributed by atoms with Crippen molar-refractivity contribution in [2.45, 2.75) is 26.0 Å². The van der Waals surface area contributed by atoms with E-state index in [-0.39, 0.29) is 5.72 Å². The lowest BCUT2D eigenvalue weighted by Crippen LogP contribution is -2.42. The van der Waals surface area contributed by atoms with Crippen LogP contribution in [0.4, 0.5) is 0 Å². The quantitative estimate of drug-likeness (QED) is 0.411. The van der Waals surface area contributed by atoms with Gasteiger partial charge in [-0.15, -0.1) is 0 Å². The minimum Gasteiger partial charge on any atom is -0.410 e. The van der Waals surface area contributed by atoms with Gasteiger partial charge in [0.05, 0.1) is 0 Å². The average molecular weight is 147 g/mol. The van der Waals surface area contributed by atoms with Crippen LogP contribution in [0, 0.1) is 0 Å². The summed E-state index contributed by atoms with van der Waals surface area (Å²) in [6.45, 7) is 4.25. The van der Waals surface area contributed by atoms with Crippen LogP contribution >= 0.6 is 0 Å². The molecule has 2 nitrogen and oxygen atoms in total. The third kappa shape index (κ3) is 2.08. The van der Waals surface area contributed by atoms with E-state index in [1.165, 1.54) is 0 Å². The molecule has 9 heavy (non-hydrogen) atoms. The standard InChI is InChI=1S/C6H17NOSi/c1-5-6(2,8-9)7(3)4/h5H2,1-4,9H3. The zero-order valence-corrected chi connectivity index (χ0v) is 9.06. The zero-order chi connectivity index (χ0) is 7.49. The summed E-state index contributed by atoms with van der Waals surface area (Å²) in [5, 5.41) is 0. The molecular formula is C6H17NOSi. The van der Waals surface area contributed by atoms with Crippen molar-refractivity contribution < 1.29 is 4.43 Å². The van der Waals surface area contributed by atoms with Gasteiger partial charge in [0.25, 0.3) is 0 Å². The predicted molar refractivity (Wildman–Crippen MR) is 43.4 cm³/mol. The first-order valence-corrected chi connectivity index (χ1v) is 4.11. The molecule has 0 fully saturated rings. The molecule has 3 heteroatoms. The van der Waals surface area contributed by atoms with E-state index in [0.717, 1.165) is 16.9 Å². The van der Waals surface area contributed by atoms with Crippen LogP contribution in [-0.4, -0.2) is 35.2 Å². The van der Waals surface area contributed by atoms with E-state index >= 15 is 0 Å². The molecule has 0 saturated heterocycles. The summed E-state index contributed by atoms with van der Waals surface area (Å²) < 4.78 is 5.41. The molecule has 0 radical (unpaired) electrons. The Balaban J connectivity index is 3.92. The molecule has 0 aromatic rings. The van der Waals surface area contributed by atoms with Gasteiger partial charge in [0.2, 0.25) is 0 Å². The predicted octanol–water partition coefficient (Wildman–Crippen LogP) is -0.0288. The summed E-state index contributed by atoms with van der Waals surface area (Å²) in [4.78, 5) is 2.11. The summed E-state index contributed by atoms with van der Waals surface area (Å²) in [7, 11) is 4.90. The fraction of sp³-hybridized carbons (Fsp3) is 1.00. The molecule has 1 unspecified atom stereocenters. The van der Waals surface area contributed by atoms with E-state index in [1.54, 1.807) is 0 Å². The van der Waals surface area contributed by atoms with E-state index < -0.39 is 0 Å². The van der Waals surface area contributed by atoms with Gasteiger partial charge in [0, 0.05) is 0 Å². The highest BCUT2D eigenvalue weighted by molar-refractivity contribution is 5.98. The lowest BCUT2D eigenvalue weighted by Gasteiger charge is -2.34. The van der Waals surface area contributed by atoms with Gasteiger partial charge in [-0.2, -0.15) is 0 Å². The molecule has 0 bridgehead atoms. The molecule has 0 amide bonds. The molecule has 0 aromatic heterocycles. The van der Waals surface area contributed by atoms with Crippen molar-refractivity contribution in [3.05, 3.63) is 0 Å². The minimum absolute atomic E-state index is 0.0216. The van der Waals surface area contributed by atoms with E-state index in [4.69, 9.17) is 4.43 Å². The topological polar surface area (TPSA) is 12.5 Å². The maximum atomic E-state index is 5.41. The highest BCUT2D eigenvalue weighted by Gasteiger charge is 2.21. The van der Waals surface area contributed by atoms with E-state index in [2.05, 4.69) is 18.7 Å². The Labute approximate surface area is 60.7 Å². The van der Waals surface area contributed by atoms with E-state index in [9.17, 15) is 0 Å². The molecular weight excluding hydrogens is 130 g/mol. The lowest BCUT2D eigenvalue weighted by molar-refractivity contribution is -0.0380. The first-order chi connectivity index (χ1) is 4.06. The fourth-order valence-corrected chi connectivity index (χ4v) is 1.30. The zero-order valence-electron chi connectivity index (χ0n) is 7.06. The molecule has 56 valence electrons. The molecule has 0 aromatic carbocycles. The molecule has 1 atom stereocenters. The van der Waals surface area contributed by atoms with Crippen molar-refractivity contribution in [3.8, 4) is 0 Å². The van der Waals surface area contributed by atoms with Crippen LogP contribution in [0.25, 0.3) is 0 Å². The van der Waals surface area contributed by atoms with Crippen LogP contribution in [0.2, 0.25) is 0 Å². The Morgan fingerprint density at radius 1 is 1.56 bits per heavy atom. The largest absolute Gasteiger partial charge is 0.410 e. The second kappa shape index (κ2) is 3.34. The van der Waals surface area contributed by atoms with Crippen LogP contribution in [0.5, 0.6) is 0 Å². The Kier molecular flexibility index (Phi) is 3.39. The highest BCUT2D eigenvalue weighted by atomic mass is 28.2. The highest BCUT2D eigenvalue weighted by Crippen LogP contribution is 2.14. The summed E-state index contributed by atoms with van der Waals surface area (Å²) in [6, 6.07) is 0. The monoisotopic (exact) mass is 147 g/mol. The maximum absolute atomic E-state index is 5.41. The number of nitrogens with zero attached hydrogens (tertiary/aromatic N) is 1. The normalized spacial score (nSPS) is 18.3. The summed E-state index contributed by atoms with van der Waals surface area (Å²) in [5.74, 6) is 0. The molecule has 0 saturated carbocycles. The van der Waals surface area contributed by atoms with Crippen LogP contribution < -0.4 is 0 Å². The van der Waals surface area contributed by atoms with Crippen LogP contribution in [0.15, 0.2) is 0 Å². The van der Waals surface area contributed by atoms with Crippen molar-refractivity contribution in [1.29, 1.82) is 0 Å². The van der Waals surface area contributed by atoms with Gasteiger partial charge >= 0.3 is 0 Å². The van der Waals surface area contributed by atoms with Gasteiger partial charge in [-0.25, -0.2) is 0 Å². The first-order valence-electron chi connectivity index (χ1n) is 3.29. The fourth-order valence-electron chi connectivity index (χ4n) is 0.643. The smallest absolute Gasteiger partial charge is 0.148 e. The number of rotatable bonds is 3. The first kappa shape index (κ1) is 9.14. The summed E-state index contributed by atoms with van der Waals surface area (Å²) >= 11 is 0. The van der Waals surface area contributed by atoms with Gasteiger partial charge in [0.1, 0.15) is 16.2 Å². The van der Waals surface area contributed by atoms with Crippen LogP contribution in [-0.2, 0) is 4.43 Å². The number of hydrogen-bond donors (Lipinski definition) is 0. The third-order valence-electron chi connectivity index (χ3n) is 2.04. The minimum atomic E-state index is -0.0216. The third-order valence-corrected chi connectivity index (χ3v) is 2.92. The molecule has 0 aliphatic heterocycles. The molecule has 0 aliphatic carbocycles. The maximum Gasteiger partial charge on any atom is 0.148 e. The molecule has 0 heterocycles. The van der Waals surface area contributed by atoms with Crippen molar-refractivity contribution >= 4 is 10.5 Å². The summed E-state index contributed by atoms with van der Waals surface area (Å²) in [5.41, 5.74) is -0.0216. The molecule has 0 rings (SSSR count). The SMILES string of the molecule is CCC(C)(O[SiH3])N(C)C. The van der Waals surface area contributed by atoms with Crippen molar-refractivity contribution in [2.75, 3.05) is 14.1 Å². The Bertz CT molecular complexity index is 81.1. The van der Waals surface area contributed by atoms with Crippen LogP contribution in [0.1, 0.15) is 20.3 Å². The van der Waals surface area contributed by atoms with Gasteiger partial charge in [-0.1, -0.05) is 6.92 Å². The average Bonchev–Trinajstić information content (AvgIpc) is 1.86. The van der Waals surface area contributed by atoms with Crippen molar-refractivity contribution in [1.82, 2.24) is 4.90 Å². The number of hydrogen-bond acceptors (Lipinski definition) is 2. The molecule has 0 spiro atoms. The summed E-state index contributed by atoms with van der Waals surface area (Å²) in [6.07, 6.45) is 1.05. The lowest BCUT2D eigenvalue weighted by atomic mass is 10.2. The Morgan fingerprint density at radius 3 is 2.00 bits per heavy atom. The second-order valence-electron chi connectivity index (χ2n) is 2.63. The molecule has 0 aliphatic rings.